The molecule has 2 amide bonds. The summed E-state index contributed by atoms with van der Waals surface area (Å²) in [5, 5.41) is 6.14. The zero-order valence-corrected chi connectivity index (χ0v) is 25.5. The Labute approximate surface area is 249 Å². The molecule has 0 unspecified atom stereocenters. The fraction of sp³-hybridized carbons (Fsp3) is 0.281. The van der Waals surface area contributed by atoms with Crippen LogP contribution in [-0.4, -0.2) is 44.4 Å². The van der Waals surface area contributed by atoms with Crippen molar-refractivity contribution in [2.45, 2.75) is 33.1 Å². The van der Waals surface area contributed by atoms with E-state index < -0.39 is 0 Å². The molecule has 1 aliphatic heterocycles. The first-order valence-electron chi connectivity index (χ1n) is 13.8. The second kappa shape index (κ2) is 11.8. The fourth-order valence-electron chi connectivity index (χ4n) is 4.77. The van der Waals surface area contributed by atoms with Gasteiger partial charge in [0.2, 0.25) is 5.91 Å². The Balaban J connectivity index is 1.37. The van der Waals surface area contributed by atoms with E-state index in [1.165, 1.54) is 4.57 Å². The minimum atomic E-state index is -0.275. The Morgan fingerprint density at radius 2 is 1.79 bits per heavy atom. The number of nitrogens with zero attached hydrogens (tertiary/aromatic N) is 4. The zero-order valence-electron chi connectivity index (χ0n) is 24.5. The van der Waals surface area contributed by atoms with E-state index in [1.54, 1.807) is 25.5 Å². The van der Waals surface area contributed by atoms with Crippen LogP contribution >= 0.6 is 11.8 Å². The molecule has 0 atom stereocenters. The van der Waals surface area contributed by atoms with Crippen LogP contribution in [0.25, 0.3) is 11.3 Å². The molecule has 3 heterocycles. The summed E-state index contributed by atoms with van der Waals surface area (Å²) in [6, 6.07) is 16.7. The van der Waals surface area contributed by atoms with E-state index in [9.17, 15) is 14.4 Å². The number of nitrogens with one attached hydrogen (secondary N) is 2. The highest BCUT2D eigenvalue weighted by Gasteiger charge is 2.20. The van der Waals surface area contributed by atoms with Crippen LogP contribution in [0, 0.1) is 6.92 Å². The van der Waals surface area contributed by atoms with Crippen molar-refractivity contribution >= 4 is 46.5 Å². The molecule has 1 saturated heterocycles. The van der Waals surface area contributed by atoms with Gasteiger partial charge < -0.3 is 20.1 Å². The first-order valence-corrected chi connectivity index (χ1v) is 15.3. The molecule has 0 saturated carbocycles. The average Bonchev–Trinajstić information content (AvgIpc) is 2.97. The maximum Gasteiger partial charge on any atom is 0.293 e. The van der Waals surface area contributed by atoms with Crippen molar-refractivity contribution in [3.8, 4) is 11.3 Å². The molecule has 10 heteroatoms. The fourth-order valence-corrected chi connectivity index (χ4v) is 5.74. The molecule has 0 bridgehead atoms. The Bertz CT molecular complexity index is 1690. The summed E-state index contributed by atoms with van der Waals surface area (Å²) in [5.74, 6) is 1.68. The van der Waals surface area contributed by atoms with Gasteiger partial charge in [0.1, 0.15) is 0 Å². The molecule has 0 aliphatic carbocycles. The van der Waals surface area contributed by atoms with Crippen molar-refractivity contribution in [1.29, 1.82) is 0 Å². The number of aryl methyl sites for hydroxylation is 1. The lowest BCUT2D eigenvalue weighted by Gasteiger charge is -2.27. The first-order chi connectivity index (χ1) is 20.0. The van der Waals surface area contributed by atoms with E-state index in [0.717, 1.165) is 34.8 Å². The van der Waals surface area contributed by atoms with E-state index in [2.05, 4.69) is 41.4 Å². The average molecular weight is 585 g/mol. The summed E-state index contributed by atoms with van der Waals surface area (Å²) in [5.41, 5.74) is 5.37. The third-order valence-corrected chi connectivity index (χ3v) is 8.38. The van der Waals surface area contributed by atoms with Gasteiger partial charge in [-0.2, -0.15) is 0 Å². The van der Waals surface area contributed by atoms with Crippen LogP contribution in [0.5, 0.6) is 0 Å². The lowest BCUT2D eigenvalue weighted by atomic mass is 9.91. The highest BCUT2D eigenvalue weighted by atomic mass is 32.2. The number of anilines is 4. The Kier molecular flexibility index (Phi) is 8.17. The SMILES string of the molecule is Cc1c(NC(=O)c2ccc(C(C)(C)C)nc2)cccc1-c1cn(C)c(=O)c(Nc2ccc(N3CC[SH2]CC3=O)cc2)n1. The highest BCUT2D eigenvalue weighted by Crippen LogP contribution is 2.29. The van der Waals surface area contributed by atoms with E-state index in [1.807, 2.05) is 60.4 Å². The summed E-state index contributed by atoms with van der Waals surface area (Å²) in [7, 11) is 1.68. The van der Waals surface area contributed by atoms with E-state index >= 15 is 0 Å². The molecule has 5 rings (SSSR count). The highest BCUT2D eigenvalue weighted by molar-refractivity contribution is 8.00. The molecule has 2 aromatic heterocycles. The van der Waals surface area contributed by atoms with Crippen molar-refractivity contribution in [2.75, 3.05) is 33.6 Å². The van der Waals surface area contributed by atoms with Crippen LogP contribution in [0.2, 0.25) is 0 Å². The Morgan fingerprint density at radius 3 is 2.45 bits per heavy atom. The number of aromatic nitrogens is 3. The number of rotatable bonds is 6. The zero-order chi connectivity index (χ0) is 30.0. The molecule has 1 fully saturated rings. The van der Waals surface area contributed by atoms with Gasteiger partial charge in [-0.25, -0.2) is 4.98 Å². The van der Waals surface area contributed by atoms with Crippen LogP contribution in [0.4, 0.5) is 22.9 Å². The van der Waals surface area contributed by atoms with Gasteiger partial charge in [0.05, 0.1) is 17.0 Å². The minimum Gasteiger partial charge on any atom is -0.336 e. The van der Waals surface area contributed by atoms with Crippen LogP contribution in [0.1, 0.15) is 42.4 Å². The summed E-state index contributed by atoms with van der Waals surface area (Å²) >= 11 is 0.691. The van der Waals surface area contributed by atoms with Gasteiger partial charge in [-0.05, 0) is 60.7 Å². The number of amides is 2. The van der Waals surface area contributed by atoms with Gasteiger partial charge in [-0.1, -0.05) is 32.9 Å². The van der Waals surface area contributed by atoms with Crippen molar-refractivity contribution in [3.63, 3.8) is 0 Å². The molecule has 218 valence electrons. The van der Waals surface area contributed by atoms with Crippen molar-refractivity contribution in [1.82, 2.24) is 14.5 Å². The Hall–Kier alpha value is -4.44. The molecule has 1 aliphatic rings. The molecule has 0 radical (unpaired) electrons. The van der Waals surface area contributed by atoms with E-state index in [0.29, 0.717) is 40.1 Å². The number of hydrogen-bond acceptors (Lipinski definition) is 6. The summed E-state index contributed by atoms with van der Waals surface area (Å²) < 4.78 is 1.49. The van der Waals surface area contributed by atoms with Crippen LogP contribution in [-0.2, 0) is 17.3 Å². The smallest absolute Gasteiger partial charge is 0.293 e. The minimum absolute atomic E-state index is 0.104. The topological polar surface area (TPSA) is 109 Å². The standard InChI is InChI=1S/C32H36N6O3S/c1-20-24(7-6-8-25(20)36-30(40)21-9-14-27(33-17-21)32(2,3)4)26-18-37(5)31(41)29(35-26)34-22-10-12-23(13-11-22)38-15-16-42-19-28(38)39/h6-14,17-18H,15-16,19,42H2,1-5H3,(H,34,35)(H,36,40). The van der Waals surface area contributed by atoms with Gasteiger partial charge in [-0.15, -0.1) is 0 Å². The predicted molar refractivity (Wildman–Crippen MR) is 173 cm³/mol. The second-order valence-corrected chi connectivity index (χ2v) is 12.8. The van der Waals surface area contributed by atoms with Crippen LogP contribution in [0.15, 0.2) is 71.8 Å². The molecule has 9 nitrogen and oxygen atoms in total. The predicted octanol–water partition coefficient (Wildman–Crippen LogP) is 4.99. The number of benzene rings is 2. The molecule has 42 heavy (non-hydrogen) atoms. The number of carbonyl (C=O) groups excluding carboxylic acids is 2. The summed E-state index contributed by atoms with van der Waals surface area (Å²) in [6.45, 7) is 8.87. The van der Waals surface area contributed by atoms with Gasteiger partial charge in [0.15, 0.2) is 5.82 Å². The number of pyridine rings is 1. The third kappa shape index (κ3) is 6.23. The van der Waals surface area contributed by atoms with Gasteiger partial charge in [0.25, 0.3) is 11.5 Å². The maximum atomic E-state index is 13.0. The maximum absolute atomic E-state index is 13.0. The molecule has 4 aromatic rings. The number of carbonyl (C=O) groups is 2. The molecule has 0 spiro atoms. The van der Waals surface area contributed by atoms with Gasteiger partial charge in [0, 0.05) is 59.7 Å². The lowest BCUT2D eigenvalue weighted by Crippen LogP contribution is -2.38. The Morgan fingerprint density at radius 1 is 1.02 bits per heavy atom. The third-order valence-electron chi connectivity index (χ3n) is 7.25. The molecular weight excluding hydrogens is 548 g/mol. The van der Waals surface area contributed by atoms with Crippen molar-refractivity contribution < 1.29 is 9.59 Å². The second-order valence-electron chi connectivity index (χ2n) is 11.4. The lowest BCUT2D eigenvalue weighted by molar-refractivity contribution is -0.116. The summed E-state index contributed by atoms with van der Waals surface area (Å²) in [4.78, 5) is 49.2. The van der Waals surface area contributed by atoms with Crippen LogP contribution < -0.4 is 21.1 Å². The van der Waals surface area contributed by atoms with Gasteiger partial charge in [-0.3, -0.25) is 31.1 Å². The largest absolute Gasteiger partial charge is 0.336 e. The van der Waals surface area contributed by atoms with Crippen molar-refractivity contribution in [2.24, 2.45) is 7.05 Å². The van der Waals surface area contributed by atoms with Crippen molar-refractivity contribution in [3.05, 3.63) is 94.2 Å². The quantitative estimate of drug-likeness (QED) is 0.331. The molecule has 2 aromatic carbocycles. The van der Waals surface area contributed by atoms with Gasteiger partial charge >= 0.3 is 0 Å². The monoisotopic (exact) mass is 584 g/mol. The van der Waals surface area contributed by atoms with Crippen LogP contribution in [0.3, 0.4) is 0 Å². The molecule has 2 N–H and O–H groups in total. The first kappa shape index (κ1) is 29.1. The summed E-state index contributed by atoms with van der Waals surface area (Å²) in [6.07, 6.45) is 3.28. The molecular formula is C32H36N6O3S. The van der Waals surface area contributed by atoms with E-state index in [-0.39, 0.29) is 28.6 Å². The normalized spacial score (nSPS) is 14.6. The van der Waals surface area contributed by atoms with E-state index in [4.69, 9.17) is 0 Å². The number of hydrogen-bond donors (Lipinski definition) is 2.